The highest BCUT2D eigenvalue weighted by molar-refractivity contribution is 7.20. The van der Waals surface area contributed by atoms with Gasteiger partial charge >= 0.3 is 0 Å². The Kier molecular flexibility index (Phi) is 4.22. The molecule has 2 aromatic rings. The maximum atomic E-state index is 13.2. The summed E-state index contributed by atoms with van der Waals surface area (Å²) in [6.45, 7) is 0. The lowest BCUT2D eigenvalue weighted by Crippen LogP contribution is -2.41. The van der Waals surface area contributed by atoms with E-state index in [4.69, 9.17) is 0 Å². The van der Waals surface area contributed by atoms with Crippen molar-refractivity contribution in [3.05, 3.63) is 35.0 Å². The molecular formula is C16H19FN2OS. The first-order valence-corrected chi connectivity index (χ1v) is 8.14. The van der Waals surface area contributed by atoms with Crippen molar-refractivity contribution in [1.82, 2.24) is 10.6 Å². The zero-order valence-corrected chi connectivity index (χ0v) is 12.8. The first-order valence-electron chi connectivity index (χ1n) is 7.33. The van der Waals surface area contributed by atoms with Crippen LogP contribution in [0.15, 0.2) is 24.3 Å². The zero-order valence-electron chi connectivity index (χ0n) is 12.0. The van der Waals surface area contributed by atoms with Gasteiger partial charge in [-0.3, -0.25) is 4.79 Å². The van der Waals surface area contributed by atoms with Gasteiger partial charge in [-0.2, -0.15) is 0 Å². The van der Waals surface area contributed by atoms with E-state index in [2.05, 4.69) is 10.6 Å². The van der Waals surface area contributed by atoms with Crippen LogP contribution in [-0.4, -0.2) is 25.0 Å². The van der Waals surface area contributed by atoms with Crippen molar-refractivity contribution >= 4 is 27.3 Å². The number of hydrogen-bond donors (Lipinski definition) is 2. The Bertz CT molecular complexity index is 647. The van der Waals surface area contributed by atoms with Gasteiger partial charge in [-0.25, -0.2) is 4.39 Å². The Morgan fingerprint density at radius 1 is 1.19 bits per heavy atom. The van der Waals surface area contributed by atoms with Gasteiger partial charge in [0.15, 0.2) is 0 Å². The number of benzene rings is 1. The number of amides is 1. The lowest BCUT2D eigenvalue weighted by atomic mass is 9.91. The topological polar surface area (TPSA) is 41.1 Å². The molecule has 1 aromatic carbocycles. The minimum atomic E-state index is -0.262. The molecule has 0 bridgehead atoms. The van der Waals surface area contributed by atoms with Crippen molar-refractivity contribution in [2.24, 2.45) is 0 Å². The van der Waals surface area contributed by atoms with Crippen molar-refractivity contribution in [2.75, 3.05) is 7.05 Å². The van der Waals surface area contributed by atoms with E-state index in [1.807, 2.05) is 13.1 Å². The molecular weight excluding hydrogens is 287 g/mol. The Balaban J connectivity index is 1.67. The molecule has 2 N–H and O–H groups in total. The summed E-state index contributed by atoms with van der Waals surface area (Å²) < 4.78 is 14.0. The summed E-state index contributed by atoms with van der Waals surface area (Å²) in [5.41, 5.74) is 0. The molecule has 3 nitrogen and oxygen atoms in total. The molecule has 5 heteroatoms. The molecule has 1 saturated carbocycles. The molecule has 0 aliphatic heterocycles. The van der Waals surface area contributed by atoms with Crippen LogP contribution in [0.3, 0.4) is 0 Å². The van der Waals surface area contributed by atoms with E-state index >= 15 is 0 Å². The van der Waals surface area contributed by atoms with E-state index in [9.17, 15) is 9.18 Å². The fraction of sp³-hybridized carbons (Fsp3) is 0.438. The van der Waals surface area contributed by atoms with Gasteiger partial charge in [0.25, 0.3) is 5.91 Å². The number of hydrogen-bond acceptors (Lipinski definition) is 3. The molecule has 112 valence electrons. The van der Waals surface area contributed by atoms with Gasteiger partial charge in [-0.1, -0.05) is 6.07 Å². The largest absolute Gasteiger partial charge is 0.349 e. The number of rotatable bonds is 3. The monoisotopic (exact) mass is 306 g/mol. The molecule has 1 fully saturated rings. The SMILES string of the molecule is CNC1CCC(NC(=O)c2cc3ccc(F)cc3s2)CC1. The van der Waals surface area contributed by atoms with Gasteiger partial charge in [-0.05, 0) is 56.3 Å². The number of carbonyl (C=O) groups excluding carboxylic acids is 1. The Morgan fingerprint density at radius 2 is 1.90 bits per heavy atom. The second-order valence-electron chi connectivity index (χ2n) is 5.60. The maximum absolute atomic E-state index is 13.2. The van der Waals surface area contributed by atoms with Gasteiger partial charge in [0.2, 0.25) is 0 Å². The van der Waals surface area contributed by atoms with Gasteiger partial charge in [0, 0.05) is 16.8 Å². The molecule has 0 saturated heterocycles. The molecule has 0 atom stereocenters. The van der Waals surface area contributed by atoms with Crippen LogP contribution in [0.25, 0.3) is 10.1 Å². The zero-order chi connectivity index (χ0) is 14.8. The Hall–Kier alpha value is -1.46. The smallest absolute Gasteiger partial charge is 0.261 e. The van der Waals surface area contributed by atoms with E-state index in [-0.39, 0.29) is 17.8 Å². The van der Waals surface area contributed by atoms with E-state index in [1.165, 1.54) is 23.5 Å². The minimum absolute atomic E-state index is 0.0375. The fourth-order valence-corrected chi connectivity index (χ4v) is 3.89. The third-order valence-electron chi connectivity index (χ3n) is 4.18. The second-order valence-corrected chi connectivity index (χ2v) is 6.69. The van der Waals surface area contributed by atoms with Crippen LogP contribution in [0.4, 0.5) is 4.39 Å². The summed E-state index contributed by atoms with van der Waals surface area (Å²) in [6, 6.07) is 7.30. The molecule has 1 aliphatic carbocycles. The summed E-state index contributed by atoms with van der Waals surface area (Å²) >= 11 is 1.35. The molecule has 0 unspecified atom stereocenters. The van der Waals surface area contributed by atoms with Crippen LogP contribution in [0, 0.1) is 5.82 Å². The van der Waals surface area contributed by atoms with Gasteiger partial charge in [0.1, 0.15) is 5.82 Å². The normalized spacial score (nSPS) is 22.4. The predicted octanol–water partition coefficient (Wildman–Crippen LogP) is 3.30. The summed E-state index contributed by atoms with van der Waals surface area (Å²) in [6.07, 6.45) is 4.21. The fourth-order valence-electron chi connectivity index (χ4n) is 2.90. The molecule has 21 heavy (non-hydrogen) atoms. The number of nitrogens with one attached hydrogen (secondary N) is 2. The average molecular weight is 306 g/mol. The first-order chi connectivity index (χ1) is 10.2. The minimum Gasteiger partial charge on any atom is -0.349 e. The second kappa shape index (κ2) is 6.12. The van der Waals surface area contributed by atoms with Crippen molar-refractivity contribution < 1.29 is 9.18 Å². The molecule has 1 amide bonds. The van der Waals surface area contributed by atoms with Crippen LogP contribution in [-0.2, 0) is 0 Å². The third kappa shape index (κ3) is 3.24. The molecule has 1 heterocycles. The highest BCUT2D eigenvalue weighted by Gasteiger charge is 2.22. The van der Waals surface area contributed by atoms with Gasteiger partial charge in [0.05, 0.1) is 4.88 Å². The third-order valence-corrected chi connectivity index (χ3v) is 5.27. The predicted molar refractivity (Wildman–Crippen MR) is 84.4 cm³/mol. The first kappa shape index (κ1) is 14.5. The van der Waals surface area contributed by atoms with Crippen molar-refractivity contribution in [2.45, 2.75) is 37.8 Å². The van der Waals surface area contributed by atoms with Crippen LogP contribution in [0.5, 0.6) is 0 Å². The lowest BCUT2D eigenvalue weighted by molar-refractivity contribution is 0.0929. The van der Waals surface area contributed by atoms with Crippen LogP contribution >= 0.6 is 11.3 Å². The van der Waals surface area contributed by atoms with Crippen molar-refractivity contribution in [3.8, 4) is 0 Å². The van der Waals surface area contributed by atoms with Crippen LogP contribution in [0.2, 0.25) is 0 Å². The molecule has 3 rings (SSSR count). The number of carbonyl (C=O) groups is 1. The highest BCUT2D eigenvalue weighted by Crippen LogP contribution is 2.27. The average Bonchev–Trinajstić information content (AvgIpc) is 2.91. The summed E-state index contributed by atoms with van der Waals surface area (Å²) in [7, 11) is 1.99. The van der Waals surface area contributed by atoms with E-state index in [0.717, 1.165) is 35.8 Å². The van der Waals surface area contributed by atoms with Crippen LogP contribution in [0.1, 0.15) is 35.4 Å². The van der Waals surface area contributed by atoms with Crippen LogP contribution < -0.4 is 10.6 Å². The lowest BCUT2D eigenvalue weighted by Gasteiger charge is -2.28. The summed E-state index contributed by atoms with van der Waals surface area (Å²) in [5, 5.41) is 7.31. The number of fused-ring (bicyclic) bond motifs is 1. The molecule has 0 radical (unpaired) electrons. The summed E-state index contributed by atoms with van der Waals surface area (Å²) in [4.78, 5) is 13.0. The van der Waals surface area contributed by atoms with Crippen molar-refractivity contribution in [1.29, 1.82) is 0 Å². The molecule has 1 aliphatic rings. The maximum Gasteiger partial charge on any atom is 0.261 e. The highest BCUT2D eigenvalue weighted by atomic mass is 32.1. The molecule has 0 spiro atoms. The Labute approximate surface area is 127 Å². The number of thiophene rings is 1. The standard InChI is InChI=1S/C16H19FN2OS/c1-18-12-4-6-13(7-5-12)19-16(20)15-8-10-2-3-11(17)9-14(10)21-15/h2-3,8-9,12-13,18H,4-7H2,1H3,(H,19,20). The quantitative estimate of drug-likeness (QED) is 0.913. The Morgan fingerprint density at radius 3 is 2.62 bits per heavy atom. The van der Waals surface area contributed by atoms with E-state index in [0.29, 0.717) is 10.9 Å². The number of halogens is 1. The van der Waals surface area contributed by atoms with Gasteiger partial charge in [-0.15, -0.1) is 11.3 Å². The van der Waals surface area contributed by atoms with E-state index in [1.54, 1.807) is 6.07 Å². The van der Waals surface area contributed by atoms with Gasteiger partial charge < -0.3 is 10.6 Å². The van der Waals surface area contributed by atoms with E-state index < -0.39 is 0 Å². The molecule has 1 aromatic heterocycles. The summed E-state index contributed by atoms with van der Waals surface area (Å²) in [5.74, 6) is -0.300. The van der Waals surface area contributed by atoms with Crippen molar-refractivity contribution in [3.63, 3.8) is 0 Å².